The van der Waals surface area contributed by atoms with E-state index in [0.29, 0.717) is 0 Å². The molecule has 0 fully saturated rings. The number of thiol groups is 1. The second-order valence-corrected chi connectivity index (χ2v) is 1.18. The van der Waals surface area contributed by atoms with Crippen LogP contribution in [0, 0.1) is 0 Å². The Morgan fingerprint density at radius 1 is 1.57 bits per heavy atom. The third-order valence-electron chi connectivity index (χ3n) is 0.352. The van der Waals surface area contributed by atoms with Crippen LogP contribution in [-0.4, -0.2) is 5.37 Å². The van der Waals surface area contributed by atoms with Crippen LogP contribution in [0.1, 0.15) is 19.8 Å². The average molecular weight is 159 g/mol. The third kappa shape index (κ3) is 17.9. The van der Waals surface area contributed by atoms with Crippen molar-refractivity contribution in [2.75, 3.05) is 0 Å². The van der Waals surface area contributed by atoms with Crippen LogP contribution in [0.2, 0.25) is 0 Å². The summed E-state index contributed by atoms with van der Waals surface area (Å²) in [4.78, 5) is 0. The van der Waals surface area contributed by atoms with Crippen molar-refractivity contribution in [3.63, 3.8) is 0 Å². The molecule has 0 spiro atoms. The molecule has 0 unspecified atom stereocenters. The Morgan fingerprint density at radius 2 is 2.00 bits per heavy atom. The molecule has 0 aliphatic heterocycles. The van der Waals surface area contributed by atoms with E-state index in [1.165, 1.54) is 0 Å². The summed E-state index contributed by atoms with van der Waals surface area (Å²) in [6, 6.07) is 0. The van der Waals surface area contributed by atoms with Crippen LogP contribution >= 0.6 is 12.2 Å². The van der Waals surface area contributed by atoms with Gasteiger partial charge in [-0.3, -0.25) is 0 Å². The largest absolute Gasteiger partial charge is 1.00 e. The molecule has 0 aromatic heterocycles. The van der Waals surface area contributed by atoms with Crippen LogP contribution in [0.5, 0.6) is 0 Å². The molecule has 0 saturated heterocycles. The molecule has 0 atom stereocenters. The van der Waals surface area contributed by atoms with E-state index in [-0.39, 0.29) is 64.9 Å². The summed E-state index contributed by atoms with van der Waals surface area (Å²) in [7, 11) is 0. The van der Waals surface area contributed by atoms with Gasteiger partial charge in [0, 0.05) is 0 Å². The summed E-state index contributed by atoms with van der Waals surface area (Å²) in [5, 5.41) is 2.60. The number of rotatable bonds is 2. The number of hydrogen-bond acceptors (Lipinski definition) is 2. The summed E-state index contributed by atoms with van der Waals surface area (Å²) in [6.45, 7) is 2.08. The Kier molecular flexibility index (Phi) is 35.9. The van der Waals surface area contributed by atoms with Gasteiger partial charge in [0.25, 0.3) is 0 Å². The van der Waals surface area contributed by atoms with E-state index in [0.717, 1.165) is 12.8 Å². The fraction of sp³-hybridized carbons (Fsp3) is 0.750. The van der Waals surface area contributed by atoms with Crippen molar-refractivity contribution in [2.24, 2.45) is 0 Å². The van der Waals surface area contributed by atoms with Gasteiger partial charge in [0.15, 0.2) is 0 Å². The molecule has 0 amide bonds. The minimum atomic E-state index is 0. The van der Waals surface area contributed by atoms with E-state index in [1.54, 1.807) is 0 Å². The molecule has 0 nitrogen and oxygen atoms in total. The topological polar surface area (TPSA) is 0 Å². The first-order chi connectivity index (χ1) is 2.41. The molecule has 0 rings (SSSR count). The van der Waals surface area contributed by atoms with Crippen LogP contribution < -0.4 is 51.4 Å². The summed E-state index contributed by atoms with van der Waals surface area (Å²) in [5.41, 5.74) is 0. The van der Waals surface area contributed by atoms with Crippen LogP contribution in [-0.2, 0) is 13.5 Å². The van der Waals surface area contributed by atoms with E-state index in [2.05, 4.69) is 24.5 Å². The molecule has 0 aromatic rings. The third-order valence-corrected chi connectivity index (χ3v) is 0.556. The van der Waals surface area contributed by atoms with Crippen LogP contribution in [0.15, 0.2) is 0 Å². The molecule has 0 aliphatic rings. The van der Waals surface area contributed by atoms with Gasteiger partial charge in [-0.2, -0.15) is 6.42 Å². The number of unbranched alkanes of at least 4 members (excludes halogenated alkanes) is 1. The molecule has 0 aliphatic carbocycles. The first-order valence-corrected chi connectivity index (χ1v) is 2.17. The van der Waals surface area contributed by atoms with Crippen LogP contribution in [0.4, 0.5) is 0 Å². The fourth-order valence-electron chi connectivity index (χ4n) is 0.102. The quantitative estimate of drug-likeness (QED) is 0.156. The predicted octanol–water partition coefficient (Wildman–Crippen LogP) is -1.60. The van der Waals surface area contributed by atoms with Gasteiger partial charge in [-0.1, -0.05) is 13.3 Å². The normalized spacial score (nSPS) is 5.29. The SMILES string of the molecule is CCC[C-]=S.[K+].[SH-]. The van der Waals surface area contributed by atoms with Crippen LogP contribution in [0.3, 0.4) is 0 Å². The number of thiocarbonyl (C=S) groups is 1. The van der Waals surface area contributed by atoms with Crippen molar-refractivity contribution in [3.8, 4) is 0 Å². The van der Waals surface area contributed by atoms with Gasteiger partial charge in [-0.25, -0.2) is 0 Å². The monoisotopic (exact) mass is 159 g/mol. The second kappa shape index (κ2) is 15.7. The van der Waals surface area contributed by atoms with Crippen molar-refractivity contribution in [1.29, 1.82) is 0 Å². The zero-order valence-corrected chi connectivity index (χ0v) is 9.60. The van der Waals surface area contributed by atoms with E-state index < -0.39 is 0 Å². The first kappa shape index (κ1) is 16.0. The minimum Gasteiger partial charge on any atom is -0.813 e. The van der Waals surface area contributed by atoms with Crippen molar-refractivity contribution in [3.05, 3.63) is 0 Å². The molecular weight excluding hydrogens is 151 g/mol. The average Bonchev–Trinajstić information content (AvgIpc) is 1.41. The van der Waals surface area contributed by atoms with Gasteiger partial charge in [-0.15, -0.1) is 0 Å². The Labute approximate surface area is 100 Å². The molecule has 0 bridgehead atoms. The number of hydrogen-bond donors (Lipinski definition) is 0. The molecule has 0 radical (unpaired) electrons. The van der Waals surface area contributed by atoms with E-state index >= 15 is 0 Å². The summed E-state index contributed by atoms with van der Waals surface area (Å²) < 4.78 is 0. The molecular formula is C4H8KS2-. The summed E-state index contributed by atoms with van der Waals surface area (Å²) in [5.74, 6) is 0. The predicted molar refractivity (Wildman–Crippen MR) is 36.3 cm³/mol. The zero-order valence-electron chi connectivity index (χ0n) is 4.77. The zero-order chi connectivity index (χ0) is 4.12. The summed E-state index contributed by atoms with van der Waals surface area (Å²) in [6.07, 6.45) is 2.08. The Morgan fingerprint density at radius 3 is 2.00 bits per heavy atom. The van der Waals surface area contributed by atoms with Gasteiger partial charge < -0.3 is 31.1 Å². The molecule has 3 heteroatoms. The van der Waals surface area contributed by atoms with E-state index in [1.807, 2.05) is 0 Å². The maximum absolute atomic E-state index is 4.40. The Bertz CT molecular complexity index is 30.9. The van der Waals surface area contributed by atoms with Gasteiger partial charge >= 0.3 is 51.4 Å². The van der Waals surface area contributed by atoms with Crippen molar-refractivity contribution in [2.45, 2.75) is 19.8 Å². The standard InChI is InChI=1S/C4H7S.K.H2S/c1-2-3-4-5;;/h2-3H2,1H3;;1H2/q-1;+1;/p-1. The molecule has 38 valence electrons. The molecule has 0 heterocycles. The Hall–Kier alpha value is 2.08. The van der Waals surface area contributed by atoms with Crippen molar-refractivity contribution < 1.29 is 51.4 Å². The second-order valence-electron chi connectivity index (χ2n) is 0.894. The van der Waals surface area contributed by atoms with Gasteiger partial charge in [0.1, 0.15) is 0 Å². The molecule has 0 saturated carbocycles. The van der Waals surface area contributed by atoms with Crippen molar-refractivity contribution in [1.82, 2.24) is 0 Å². The summed E-state index contributed by atoms with van der Waals surface area (Å²) >= 11 is 4.40. The maximum Gasteiger partial charge on any atom is 1.00 e. The molecule has 0 aromatic carbocycles. The van der Waals surface area contributed by atoms with Crippen LogP contribution in [0.25, 0.3) is 0 Å². The van der Waals surface area contributed by atoms with Gasteiger partial charge in [0.2, 0.25) is 0 Å². The molecule has 0 N–H and O–H groups in total. The minimum absolute atomic E-state index is 0. The van der Waals surface area contributed by atoms with Gasteiger partial charge in [-0.05, 0) is 0 Å². The first-order valence-electron chi connectivity index (χ1n) is 1.76. The molecule has 7 heavy (non-hydrogen) atoms. The smallest absolute Gasteiger partial charge is 0.813 e. The van der Waals surface area contributed by atoms with E-state index in [9.17, 15) is 0 Å². The van der Waals surface area contributed by atoms with Gasteiger partial charge in [0.05, 0.1) is 0 Å². The maximum atomic E-state index is 4.40. The van der Waals surface area contributed by atoms with E-state index in [4.69, 9.17) is 0 Å². The Balaban J connectivity index is -0.0000000800. The fourth-order valence-corrected chi connectivity index (χ4v) is 0.306. The van der Waals surface area contributed by atoms with Crippen molar-refractivity contribution >= 4 is 31.1 Å².